The molecule has 4 aromatic rings. The molecule has 0 unspecified atom stereocenters. The zero-order chi connectivity index (χ0) is 26.1. The number of anilines is 1. The minimum Gasteiger partial charge on any atom is -0.489 e. The molecule has 1 heterocycles. The number of fused-ring (bicyclic) bond motifs is 1. The lowest BCUT2D eigenvalue weighted by molar-refractivity contribution is 0.347. The number of hydrogen-bond acceptors (Lipinski definition) is 7. The molecular formula is C26H28FN3O5S. The van der Waals surface area contributed by atoms with Gasteiger partial charge in [-0.1, -0.05) is 48.0 Å². The largest absolute Gasteiger partial charge is 0.489 e. The highest BCUT2D eigenvalue weighted by molar-refractivity contribution is 7.85. The van der Waals surface area contributed by atoms with E-state index in [9.17, 15) is 12.8 Å². The Morgan fingerprint density at radius 3 is 2.44 bits per heavy atom. The van der Waals surface area contributed by atoms with E-state index in [2.05, 4.69) is 17.1 Å². The van der Waals surface area contributed by atoms with Crippen molar-refractivity contribution >= 4 is 27.2 Å². The molecule has 10 heteroatoms. The van der Waals surface area contributed by atoms with Crippen molar-refractivity contribution in [3.63, 3.8) is 0 Å². The van der Waals surface area contributed by atoms with E-state index < -0.39 is 10.1 Å². The Kier molecular flexibility index (Phi) is 9.18. The van der Waals surface area contributed by atoms with Crippen LogP contribution in [-0.4, -0.2) is 38.2 Å². The molecule has 0 radical (unpaired) electrons. The van der Waals surface area contributed by atoms with E-state index >= 15 is 0 Å². The summed E-state index contributed by atoms with van der Waals surface area (Å²) in [5.41, 5.74) is 9.29. The van der Waals surface area contributed by atoms with Gasteiger partial charge in [-0.2, -0.15) is 13.4 Å². The van der Waals surface area contributed by atoms with Gasteiger partial charge in [-0.15, -0.1) is 0 Å². The number of ether oxygens (including phenoxy) is 1. The van der Waals surface area contributed by atoms with Gasteiger partial charge in [0.1, 0.15) is 17.9 Å². The second kappa shape index (κ2) is 12.3. The topological polar surface area (TPSA) is 119 Å². The molecule has 1 aromatic heterocycles. The summed E-state index contributed by atoms with van der Waals surface area (Å²) in [6, 6.07) is 21.9. The first kappa shape index (κ1) is 26.9. The fraction of sp³-hybridized carbons (Fsp3) is 0.192. The van der Waals surface area contributed by atoms with Gasteiger partial charge in [0.15, 0.2) is 5.58 Å². The highest BCUT2D eigenvalue weighted by Crippen LogP contribution is 2.26. The normalized spacial score (nSPS) is 11.6. The van der Waals surface area contributed by atoms with Crippen LogP contribution in [0.1, 0.15) is 11.1 Å². The monoisotopic (exact) mass is 513 g/mol. The maximum absolute atomic E-state index is 12.5. The molecular weight excluding hydrogens is 485 g/mol. The second-order valence-electron chi connectivity index (χ2n) is 8.02. The average Bonchev–Trinajstić information content (AvgIpc) is 3.29. The Bertz CT molecular complexity index is 1400. The average molecular weight is 514 g/mol. The molecule has 0 aliphatic rings. The Balaban J connectivity index is 0.000000275. The lowest BCUT2D eigenvalue weighted by atomic mass is 10.2. The minimum atomic E-state index is -4.02. The van der Waals surface area contributed by atoms with Crippen LogP contribution in [0, 0.1) is 6.92 Å². The molecule has 0 spiro atoms. The molecule has 0 bridgehead atoms. The van der Waals surface area contributed by atoms with Gasteiger partial charge in [-0.05, 0) is 36.8 Å². The summed E-state index contributed by atoms with van der Waals surface area (Å²) in [6.45, 7) is 2.76. The quantitative estimate of drug-likeness (QED) is 0.320. The third-order valence-electron chi connectivity index (χ3n) is 5.10. The van der Waals surface area contributed by atoms with E-state index in [0.29, 0.717) is 35.8 Å². The van der Waals surface area contributed by atoms with Crippen molar-refractivity contribution in [2.45, 2.75) is 18.4 Å². The number of rotatable bonds is 8. The molecule has 3 N–H and O–H groups in total. The van der Waals surface area contributed by atoms with Crippen molar-refractivity contribution in [1.29, 1.82) is 0 Å². The molecule has 190 valence electrons. The number of aryl methyl sites for hydroxylation is 1. The number of aromatic nitrogens is 1. The molecule has 0 atom stereocenters. The molecule has 0 aliphatic carbocycles. The Morgan fingerprint density at radius 1 is 1.14 bits per heavy atom. The van der Waals surface area contributed by atoms with Crippen LogP contribution in [0.2, 0.25) is 0 Å². The Hall–Kier alpha value is -3.73. The molecule has 4 rings (SSSR count). The fourth-order valence-corrected chi connectivity index (χ4v) is 3.57. The molecule has 0 aliphatic heterocycles. The first-order valence-electron chi connectivity index (χ1n) is 11.0. The molecule has 0 amide bonds. The van der Waals surface area contributed by atoms with Crippen molar-refractivity contribution in [2.75, 3.05) is 25.1 Å². The zero-order valence-electron chi connectivity index (χ0n) is 20.0. The summed E-state index contributed by atoms with van der Waals surface area (Å²) >= 11 is 0. The van der Waals surface area contributed by atoms with Crippen molar-refractivity contribution < 1.29 is 26.5 Å². The molecule has 0 saturated carbocycles. The predicted molar refractivity (Wildman–Crippen MR) is 137 cm³/mol. The van der Waals surface area contributed by atoms with Crippen LogP contribution in [0.3, 0.4) is 0 Å². The Labute approximate surface area is 209 Å². The van der Waals surface area contributed by atoms with Crippen molar-refractivity contribution in [2.24, 2.45) is 5.73 Å². The zero-order valence-corrected chi connectivity index (χ0v) is 20.8. The summed E-state index contributed by atoms with van der Waals surface area (Å²) in [5, 5.41) is 0. The van der Waals surface area contributed by atoms with Gasteiger partial charge in [-0.25, -0.2) is 4.39 Å². The van der Waals surface area contributed by atoms with Gasteiger partial charge in [0.05, 0.1) is 11.2 Å². The van der Waals surface area contributed by atoms with Crippen LogP contribution in [0.15, 0.2) is 94.0 Å². The third kappa shape index (κ3) is 7.64. The van der Waals surface area contributed by atoms with Crippen LogP contribution >= 0.6 is 0 Å². The number of halogens is 1. The van der Waals surface area contributed by atoms with Gasteiger partial charge >= 0.3 is 0 Å². The number of hydrogen-bond donors (Lipinski definition) is 2. The van der Waals surface area contributed by atoms with Gasteiger partial charge < -0.3 is 19.8 Å². The lowest BCUT2D eigenvalue weighted by Gasteiger charge is -2.13. The molecule has 3 aromatic carbocycles. The fourth-order valence-electron chi connectivity index (χ4n) is 3.09. The van der Waals surface area contributed by atoms with Crippen LogP contribution in [0.5, 0.6) is 5.75 Å². The molecule has 0 fully saturated rings. The highest BCUT2D eigenvalue weighted by atomic mass is 32.2. The summed E-state index contributed by atoms with van der Waals surface area (Å²) in [6.07, 6.45) is 0.476. The van der Waals surface area contributed by atoms with Crippen LogP contribution in [-0.2, 0) is 16.7 Å². The van der Waals surface area contributed by atoms with Crippen molar-refractivity contribution in [3.05, 3.63) is 95.8 Å². The standard InChI is InChI=1S/C19H20FN3O2.C7H8O3S/c1-23(12-14-5-3-2-4-6-14)19-22-17-8-7-16(9-18(17)25-19)24-13-15(10-20)11-21;1-6-2-4-7(5-3-6)11(8,9)10/h2-10H,11-13,21H2,1H3;2-5H,1H3,(H,8,9,10)/b15-10+;. The first-order chi connectivity index (χ1) is 17.2. The van der Waals surface area contributed by atoms with Crippen LogP contribution in [0.4, 0.5) is 10.4 Å². The second-order valence-corrected chi connectivity index (χ2v) is 9.44. The third-order valence-corrected chi connectivity index (χ3v) is 5.97. The molecule has 0 saturated heterocycles. The molecule has 36 heavy (non-hydrogen) atoms. The molecule has 8 nitrogen and oxygen atoms in total. The summed E-state index contributed by atoms with van der Waals surface area (Å²) in [7, 11) is -2.09. The van der Waals surface area contributed by atoms with E-state index in [1.165, 1.54) is 17.7 Å². The lowest BCUT2D eigenvalue weighted by Crippen LogP contribution is -2.16. The number of nitrogens with zero attached hydrogens (tertiary/aromatic N) is 2. The number of nitrogens with two attached hydrogens (primary N) is 1. The van der Waals surface area contributed by atoms with Crippen LogP contribution < -0.4 is 15.4 Å². The maximum Gasteiger partial charge on any atom is 0.298 e. The van der Waals surface area contributed by atoms with Gasteiger partial charge in [0.2, 0.25) is 0 Å². The van der Waals surface area contributed by atoms with E-state index in [4.69, 9.17) is 19.4 Å². The van der Waals surface area contributed by atoms with Gasteiger partial charge in [-0.3, -0.25) is 4.55 Å². The van der Waals surface area contributed by atoms with Crippen molar-refractivity contribution in [3.8, 4) is 5.75 Å². The number of oxazole rings is 1. The van der Waals surface area contributed by atoms with Gasteiger partial charge in [0, 0.05) is 31.8 Å². The van der Waals surface area contributed by atoms with Crippen LogP contribution in [0.25, 0.3) is 11.1 Å². The van der Waals surface area contributed by atoms with E-state index in [1.54, 1.807) is 24.3 Å². The van der Waals surface area contributed by atoms with Gasteiger partial charge in [0.25, 0.3) is 16.1 Å². The van der Waals surface area contributed by atoms with E-state index in [1.807, 2.05) is 43.1 Å². The minimum absolute atomic E-state index is 0.0666. The maximum atomic E-state index is 12.5. The summed E-state index contributed by atoms with van der Waals surface area (Å²) < 4.78 is 53.4. The summed E-state index contributed by atoms with van der Waals surface area (Å²) in [4.78, 5) is 6.36. The van der Waals surface area contributed by atoms with E-state index in [-0.39, 0.29) is 18.0 Å². The van der Waals surface area contributed by atoms with E-state index in [0.717, 1.165) is 11.1 Å². The Morgan fingerprint density at radius 2 is 1.83 bits per heavy atom. The van der Waals surface area contributed by atoms with Crippen molar-refractivity contribution in [1.82, 2.24) is 4.98 Å². The summed E-state index contributed by atoms with van der Waals surface area (Å²) in [5.74, 6) is 0.578. The highest BCUT2D eigenvalue weighted by Gasteiger charge is 2.12. The SMILES string of the molecule is CN(Cc1ccccc1)c1nc2ccc(OC/C(=C/F)CN)cc2o1.Cc1ccc(S(=O)(=O)O)cc1. The predicted octanol–water partition coefficient (Wildman–Crippen LogP) is 4.90. The first-order valence-corrected chi connectivity index (χ1v) is 12.4. The number of benzene rings is 3. The smallest absolute Gasteiger partial charge is 0.298 e.